The Hall–Kier alpha value is -0.0300. The second-order valence-electron chi connectivity index (χ2n) is 7.02. The third-order valence-electron chi connectivity index (χ3n) is 5.27. The second kappa shape index (κ2) is 7.69. The summed E-state index contributed by atoms with van der Waals surface area (Å²) < 4.78 is 11.7. The number of ether oxygens (including phenoxy) is 2. The highest BCUT2D eigenvalue weighted by atomic mass is 35.6. The summed E-state index contributed by atoms with van der Waals surface area (Å²) in [7, 11) is 0. The normalized spacial score (nSPS) is 31.2. The predicted octanol–water partition coefficient (Wildman–Crippen LogP) is 4.69. The summed E-state index contributed by atoms with van der Waals surface area (Å²) in [6.07, 6.45) is 2.90. The summed E-state index contributed by atoms with van der Waals surface area (Å²) >= 11 is 18.2. The van der Waals surface area contributed by atoms with Gasteiger partial charge in [-0.3, -0.25) is 4.48 Å². The summed E-state index contributed by atoms with van der Waals surface area (Å²) in [5.74, 6) is 0. The van der Waals surface area contributed by atoms with Crippen molar-refractivity contribution < 1.29 is 14.0 Å². The first-order chi connectivity index (χ1) is 11.4. The first-order valence-electron chi connectivity index (χ1n) is 8.59. The molecule has 0 spiro atoms. The van der Waals surface area contributed by atoms with Crippen molar-refractivity contribution in [2.24, 2.45) is 0 Å². The molecule has 1 aromatic carbocycles. The lowest BCUT2D eigenvalue weighted by Gasteiger charge is -2.41. The minimum absolute atomic E-state index is 0.0484. The lowest BCUT2D eigenvalue weighted by atomic mass is 10.2. The summed E-state index contributed by atoms with van der Waals surface area (Å²) in [6, 6.07) is 10.8. The minimum atomic E-state index is -1.28. The summed E-state index contributed by atoms with van der Waals surface area (Å²) in [6.45, 7) is 5.51. The van der Waals surface area contributed by atoms with E-state index in [1.165, 1.54) is 18.4 Å². The Kier molecular flexibility index (Phi) is 6.01. The van der Waals surface area contributed by atoms with Gasteiger partial charge in [0, 0.05) is 12.8 Å². The van der Waals surface area contributed by atoms with Crippen LogP contribution in [-0.4, -0.2) is 46.3 Å². The lowest BCUT2D eigenvalue weighted by molar-refractivity contribution is -0.962. The average Bonchev–Trinajstić information content (AvgIpc) is 3.05. The zero-order chi connectivity index (χ0) is 17.2. The van der Waals surface area contributed by atoms with Crippen LogP contribution in [0.4, 0.5) is 0 Å². The molecule has 3 nitrogen and oxygen atoms in total. The third-order valence-corrected chi connectivity index (χ3v) is 5.74. The number of halogens is 3. The van der Waals surface area contributed by atoms with Crippen molar-refractivity contribution in [1.82, 2.24) is 0 Å². The van der Waals surface area contributed by atoms with Crippen molar-refractivity contribution in [3.8, 4) is 0 Å². The molecular weight excluding hydrogens is 369 g/mol. The van der Waals surface area contributed by atoms with Gasteiger partial charge in [0.25, 0.3) is 0 Å². The third kappa shape index (κ3) is 4.38. The van der Waals surface area contributed by atoms with E-state index in [2.05, 4.69) is 19.1 Å². The molecule has 6 heteroatoms. The van der Waals surface area contributed by atoms with Crippen molar-refractivity contribution in [2.45, 2.75) is 55.0 Å². The summed E-state index contributed by atoms with van der Waals surface area (Å²) in [5.41, 5.74) is 1.19. The monoisotopic (exact) mass is 392 g/mol. The Morgan fingerprint density at radius 1 is 1.29 bits per heavy atom. The van der Waals surface area contributed by atoms with Crippen molar-refractivity contribution >= 4 is 34.8 Å². The highest BCUT2D eigenvalue weighted by molar-refractivity contribution is 6.67. The van der Waals surface area contributed by atoms with E-state index in [0.717, 1.165) is 24.2 Å². The van der Waals surface area contributed by atoms with Crippen LogP contribution in [0.25, 0.3) is 0 Å². The van der Waals surface area contributed by atoms with Gasteiger partial charge in [0.1, 0.15) is 25.3 Å². The van der Waals surface area contributed by atoms with Gasteiger partial charge in [0.2, 0.25) is 0 Å². The van der Waals surface area contributed by atoms with E-state index < -0.39 is 3.79 Å². The van der Waals surface area contributed by atoms with E-state index in [4.69, 9.17) is 44.3 Å². The highest BCUT2D eigenvalue weighted by Gasteiger charge is 2.55. The standard InChI is InChI=1S/C18H25Cl3NO2/c1-14(23-12-15-6-3-2-4-7-15)11-22-9-5-8-16(22)13-24-17(22)10-18(19,20)21/h2-4,6-7,14,16-17H,5,8-13H2,1H3/q+1. The van der Waals surface area contributed by atoms with Crippen LogP contribution < -0.4 is 0 Å². The summed E-state index contributed by atoms with van der Waals surface area (Å²) in [4.78, 5) is 0. The molecule has 0 amide bonds. The van der Waals surface area contributed by atoms with Crippen LogP contribution in [0.15, 0.2) is 30.3 Å². The zero-order valence-electron chi connectivity index (χ0n) is 14.0. The largest absolute Gasteiger partial charge is 0.368 e. The number of alkyl halides is 3. The maximum atomic E-state index is 6.10. The molecule has 2 aliphatic heterocycles. The smallest absolute Gasteiger partial charge is 0.198 e. The van der Waals surface area contributed by atoms with Crippen LogP contribution in [0.2, 0.25) is 0 Å². The molecule has 4 atom stereocenters. The van der Waals surface area contributed by atoms with E-state index >= 15 is 0 Å². The molecule has 0 aromatic heterocycles. The molecule has 2 saturated heterocycles. The quantitative estimate of drug-likeness (QED) is 0.516. The summed E-state index contributed by atoms with van der Waals surface area (Å²) in [5, 5.41) is 0. The van der Waals surface area contributed by atoms with Crippen LogP contribution in [0.5, 0.6) is 0 Å². The fraction of sp³-hybridized carbons (Fsp3) is 0.667. The van der Waals surface area contributed by atoms with Gasteiger partial charge >= 0.3 is 0 Å². The van der Waals surface area contributed by atoms with Crippen molar-refractivity contribution in [3.05, 3.63) is 35.9 Å². The molecule has 0 aliphatic carbocycles. The van der Waals surface area contributed by atoms with Crippen molar-refractivity contribution in [3.63, 3.8) is 0 Å². The molecule has 0 radical (unpaired) electrons. The van der Waals surface area contributed by atoms with Gasteiger partial charge in [-0.15, -0.1) is 0 Å². The van der Waals surface area contributed by atoms with Gasteiger partial charge in [-0.1, -0.05) is 65.1 Å². The first-order valence-corrected chi connectivity index (χ1v) is 9.73. The van der Waals surface area contributed by atoms with Crippen LogP contribution in [0.3, 0.4) is 0 Å². The Balaban J connectivity index is 1.63. The maximum absolute atomic E-state index is 6.10. The van der Waals surface area contributed by atoms with E-state index in [1.807, 2.05) is 18.2 Å². The molecule has 2 heterocycles. The molecular formula is C18H25Cl3NO2+. The predicted molar refractivity (Wildman–Crippen MR) is 98.4 cm³/mol. The highest BCUT2D eigenvalue weighted by Crippen LogP contribution is 2.43. The van der Waals surface area contributed by atoms with Gasteiger partial charge < -0.3 is 9.47 Å². The number of fused-ring (bicyclic) bond motifs is 1. The molecule has 2 fully saturated rings. The Morgan fingerprint density at radius 2 is 2.04 bits per heavy atom. The van der Waals surface area contributed by atoms with Gasteiger partial charge in [-0.05, 0) is 12.5 Å². The zero-order valence-corrected chi connectivity index (χ0v) is 16.2. The molecule has 134 valence electrons. The Labute approximate surface area is 159 Å². The van der Waals surface area contributed by atoms with Crippen molar-refractivity contribution in [1.29, 1.82) is 0 Å². The number of rotatable bonds is 6. The minimum Gasteiger partial charge on any atom is -0.368 e. The lowest BCUT2D eigenvalue weighted by Crippen LogP contribution is -2.58. The fourth-order valence-corrected chi connectivity index (χ4v) is 4.58. The van der Waals surface area contributed by atoms with E-state index in [0.29, 0.717) is 19.1 Å². The molecule has 3 rings (SSSR count). The number of nitrogens with zero attached hydrogens (tertiary/aromatic N) is 1. The molecule has 1 aromatic rings. The van der Waals surface area contributed by atoms with Gasteiger partial charge in [-0.25, -0.2) is 0 Å². The van der Waals surface area contributed by atoms with Gasteiger partial charge in [0.05, 0.1) is 19.6 Å². The average molecular weight is 394 g/mol. The van der Waals surface area contributed by atoms with Gasteiger partial charge in [-0.2, -0.15) is 0 Å². The van der Waals surface area contributed by atoms with Crippen molar-refractivity contribution in [2.75, 3.05) is 19.7 Å². The fourth-order valence-electron chi connectivity index (χ4n) is 4.18. The second-order valence-corrected chi connectivity index (χ2v) is 9.54. The molecule has 0 bridgehead atoms. The van der Waals surface area contributed by atoms with Crippen LogP contribution in [0, 0.1) is 0 Å². The Morgan fingerprint density at radius 3 is 2.75 bits per heavy atom. The van der Waals surface area contributed by atoms with Crippen LogP contribution >= 0.6 is 34.8 Å². The number of quaternary nitrogens is 1. The SMILES string of the molecule is CC(C[N+]12CCCC1COC2CC(Cl)(Cl)Cl)OCc1ccccc1. The van der Waals surface area contributed by atoms with E-state index in [9.17, 15) is 0 Å². The van der Waals surface area contributed by atoms with E-state index in [1.54, 1.807) is 0 Å². The first kappa shape index (κ1) is 18.8. The Bertz CT molecular complexity index is 537. The molecule has 0 N–H and O–H groups in total. The molecule has 4 unspecified atom stereocenters. The molecule has 0 saturated carbocycles. The number of hydrogen-bond donors (Lipinski definition) is 0. The topological polar surface area (TPSA) is 18.5 Å². The molecule has 24 heavy (non-hydrogen) atoms. The number of hydrogen-bond acceptors (Lipinski definition) is 2. The van der Waals surface area contributed by atoms with Gasteiger partial charge in [0.15, 0.2) is 10.0 Å². The molecule has 2 aliphatic rings. The maximum Gasteiger partial charge on any atom is 0.198 e. The van der Waals surface area contributed by atoms with Crippen LogP contribution in [0.1, 0.15) is 31.7 Å². The number of benzene rings is 1. The van der Waals surface area contributed by atoms with Crippen LogP contribution in [-0.2, 0) is 16.1 Å². The van der Waals surface area contributed by atoms with E-state index in [-0.39, 0.29) is 12.3 Å².